The van der Waals surface area contributed by atoms with Crippen molar-refractivity contribution in [1.82, 2.24) is 4.90 Å². The molecular formula is C18H19N3O4S. The first kappa shape index (κ1) is 19.5. The van der Waals surface area contributed by atoms with Gasteiger partial charge in [0.25, 0.3) is 11.6 Å². The lowest BCUT2D eigenvalue weighted by atomic mass is 10.1. The molecule has 1 N–H and O–H groups in total. The highest BCUT2D eigenvalue weighted by Crippen LogP contribution is 2.24. The fourth-order valence-electron chi connectivity index (χ4n) is 2.44. The summed E-state index contributed by atoms with van der Waals surface area (Å²) in [5.74, 6) is -0.697. The summed E-state index contributed by atoms with van der Waals surface area (Å²) in [5.41, 5.74) is 1.34. The number of amides is 2. The van der Waals surface area contributed by atoms with Gasteiger partial charge < -0.3 is 10.2 Å². The Balaban J connectivity index is 2.05. The maximum Gasteiger partial charge on any atom is 0.272 e. The number of anilines is 1. The third kappa shape index (κ3) is 4.60. The standard InChI is InChI=1S/C18H19N3O4S/c1-12-10-13(8-9-15(12)21(24)25)18(23)20(2)11-17(22)19-14-6-4-5-7-16(14)26-3/h4-10H,11H2,1-3H3,(H,19,22). The van der Waals surface area contributed by atoms with Crippen LogP contribution in [0.15, 0.2) is 47.4 Å². The van der Waals surface area contributed by atoms with Crippen molar-refractivity contribution in [2.45, 2.75) is 11.8 Å². The summed E-state index contributed by atoms with van der Waals surface area (Å²) in [4.78, 5) is 37.3. The number of nitro benzene ring substituents is 1. The molecule has 0 atom stereocenters. The molecule has 136 valence electrons. The van der Waals surface area contributed by atoms with Crippen molar-refractivity contribution < 1.29 is 14.5 Å². The number of thioether (sulfide) groups is 1. The molecule has 0 aliphatic heterocycles. The van der Waals surface area contributed by atoms with Gasteiger partial charge in [-0.05, 0) is 37.4 Å². The van der Waals surface area contributed by atoms with Crippen molar-refractivity contribution in [3.8, 4) is 0 Å². The van der Waals surface area contributed by atoms with E-state index in [-0.39, 0.29) is 24.0 Å². The summed E-state index contributed by atoms with van der Waals surface area (Å²) in [6, 6.07) is 11.5. The number of nitrogens with one attached hydrogen (secondary N) is 1. The Hall–Kier alpha value is -2.87. The molecule has 0 saturated heterocycles. The van der Waals surface area contributed by atoms with Crippen molar-refractivity contribution in [3.05, 3.63) is 63.7 Å². The van der Waals surface area contributed by atoms with Gasteiger partial charge in [0, 0.05) is 29.1 Å². The molecule has 0 aliphatic carbocycles. The van der Waals surface area contributed by atoms with Crippen LogP contribution in [0.1, 0.15) is 15.9 Å². The van der Waals surface area contributed by atoms with Gasteiger partial charge in [-0.3, -0.25) is 19.7 Å². The van der Waals surface area contributed by atoms with E-state index in [1.165, 1.54) is 41.9 Å². The molecule has 0 fully saturated rings. The molecule has 0 aliphatic rings. The molecule has 0 heterocycles. The predicted molar refractivity (Wildman–Crippen MR) is 102 cm³/mol. The SMILES string of the molecule is CSc1ccccc1NC(=O)CN(C)C(=O)c1ccc([N+](=O)[O-])c(C)c1. The Morgan fingerprint density at radius 3 is 2.54 bits per heavy atom. The normalized spacial score (nSPS) is 10.3. The molecule has 2 aromatic rings. The number of likely N-dealkylation sites (N-methyl/N-ethyl adjacent to an activating group) is 1. The van der Waals surface area contributed by atoms with Gasteiger partial charge in [0.2, 0.25) is 5.91 Å². The van der Waals surface area contributed by atoms with E-state index >= 15 is 0 Å². The Labute approximate surface area is 155 Å². The van der Waals surface area contributed by atoms with Crippen LogP contribution >= 0.6 is 11.8 Å². The zero-order valence-electron chi connectivity index (χ0n) is 14.7. The van der Waals surface area contributed by atoms with Crippen LogP contribution in [0.3, 0.4) is 0 Å². The maximum absolute atomic E-state index is 12.5. The fraction of sp³-hybridized carbons (Fsp3) is 0.222. The molecule has 0 saturated carbocycles. The zero-order chi connectivity index (χ0) is 19.3. The number of carbonyl (C=O) groups excluding carboxylic acids is 2. The molecular weight excluding hydrogens is 354 g/mol. The van der Waals surface area contributed by atoms with Gasteiger partial charge in [0.1, 0.15) is 0 Å². The second-order valence-corrected chi connectivity index (χ2v) is 6.52. The highest BCUT2D eigenvalue weighted by atomic mass is 32.2. The number of carbonyl (C=O) groups is 2. The fourth-order valence-corrected chi connectivity index (χ4v) is 2.99. The highest BCUT2D eigenvalue weighted by molar-refractivity contribution is 7.98. The van der Waals surface area contributed by atoms with Gasteiger partial charge in [0.05, 0.1) is 17.2 Å². The Morgan fingerprint density at radius 1 is 1.23 bits per heavy atom. The van der Waals surface area contributed by atoms with Crippen molar-refractivity contribution in [3.63, 3.8) is 0 Å². The van der Waals surface area contributed by atoms with Crippen molar-refractivity contribution in [1.29, 1.82) is 0 Å². The molecule has 7 nitrogen and oxygen atoms in total. The molecule has 2 rings (SSSR count). The number of para-hydroxylation sites is 1. The lowest BCUT2D eigenvalue weighted by Gasteiger charge is -2.18. The molecule has 0 aromatic heterocycles. The summed E-state index contributed by atoms with van der Waals surface area (Å²) in [6.45, 7) is 1.44. The summed E-state index contributed by atoms with van der Waals surface area (Å²) >= 11 is 1.51. The van der Waals surface area contributed by atoms with E-state index < -0.39 is 4.92 Å². The second kappa shape index (κ2) is 8.48. The first-order valence-electron chi connectivity index (χ1n) is 7.77. The average Bonchev–Trinajstić information content (AvgIpc) is 2.60. The second-order valence-electron chi connectivity index (χ2n) is 5.67. The number of aryl methyl sites for hydroxylation is 1. The number of rotatable bonds is 6. The van der Waals surface area contributed by atoms with Crippen LogP contribution in [-0.4, -0.2) is 41.5 Å². The third-order valence-corrected chi connectivity index (χ3v) is 4.54. The van der Waals surface area contributed by atoms with Gasteiger partial charge in [-0.1, -0.05) is 12.1 Å². The van der Waals surface area contributed by atoms with Gasteiger partial charge in [-0.25, -0.2) is 0 Å². The number of hydrogen-bond acceptors (Lipinski definition) is 5. The number of nitrogens with zero attached hydrogens (tertiary/aromatic N) is 2. The Morgan fingerprint density at radius 2 is 1.92 bits per heavy atom. The van der Waals surface area contributed by atoms with E-state index in [0.717, 1.165) is 4.90 Å². The maximum atomic E-state index is 12.5. The number of hydrogen-bond donors (Lipinski definition) is 1. The van der Waals surface area contributed by atoms with E-state index in [1.54, 1.807) is 13.0 Å². The molecule has 26 heavy (non-hydrogen) atoms. The summed E-state index contributed by atoms with van der Waals surface area (Å²) in [6.07, 6.45) is 1.91. The molecule has 0 bridgehead atoms. The van der Waals surface area contributed by atoms with Crippen LogP contribution in [0.5, 0.6) is 0 Å². The van der Waals surface area contributed by atoms with E-state index in [1.807, 2.05) is 24.5 Å². The smallest absolute Gasteiger partial charge is 0.272 e. The topological polar surface area (TPSA) is 92.6 Å². The van der Waals surface area contributed by atoms with Crippen molar-refractivity contribution in [2.75, 3.05) is 25.2 Å². The van der Waals surface area contributed by atoms with E-state index in [9.17, 15) is 19.7 Å². The first-order valence-corrected chi connectivity index (χ1v) is 8.99. The average molecular weight is 373 g/mol. The Kier molecular flexibility index (Phi) is 6.35. The van der Waals surface area contributed by atoms with E-state index in [2.05, 4.69) is 5.32 Å². The molecule has 0 unspecified atom stereocenters. The first-order chi connectivity index (χ1) is 12.3. The lowest BCUT2D eigenvalue weighted by Crippen LogP contribution is -2.35. The van der Waals surface area contributed by atoms with Gasteiger partial charge in [0.15, 0.2) is 0 Å². The van der Waals surface area contributed by atoms with Gasteiger partial charge >= 0.3 is 0 Å². The molecule has 8 heteroatoms. The quantitative estimate of drug-likeness (QED) is 0.476. The van der Waals surface area contributed by atoms with Crippen molar-refractivity contribution in [2.24, 2.45) is 0 Å². The largest absolute Gasteiger partial charge is 0.332 e. The predicted octanol–water partition coefficient (Wildman–Crippen LogP) is 3.34. The van der Waals surface area contributed by atoms with Crippen LogP contribution in [0.2, 0.25) is 0 Å². The van der Waals surface area contributed by atoms with Crippen LogP contribution in [-0.2, 0) is 4.79 Å². The molecule has 2 amide bonds. The minimum atomic E-state index is -0.496. The summed E-state index contributed by atoms with van der Waals surface area (Å²) in [7, 11) is 1.51. The zero-order valence-corrected chi connectivity index (χ0v) is 15.5. The minimum absolute atomic E-state index is 0.0457. The molecule has 2 aromatic carbocycles. The van der Waals surface area contributed by atoms with E-state index in [4.69, 9.17) is 0 Å². The summed E-state index contributed by atoms with van der Waals surface area (Å²) < 4.78 is 0. The lowest BCUT2D eigenvalue weighted by molar-refractivity contribution is -0.385. The van der Waals surface area contributed by atoms with Gasteiger partial charge in [-0.2, -0.15) is 0 Å². The van der Waals surface area contributed by atoms with Crippen LogP contribution in [0.25, 0.3) is 0 Å². The monoisotopic (exact) mass is 373 g/mol. The minimum Gasteiger partial charge on any atom is -0.332 e. The van der Waals surface area contributed by atoms with Crippen LogP contribution in [0, 0.1) is 17.0 Å². The summed E-state index contributed by atoms with van der Waals surface area (Å²) in [5, 5.41) is 13.7. The van der Waals surface area contributed by atoms with Crippen LogP contribution < -0.4 is 5.32 Å². The molecule has 0 radical (unpaired) electrons. The molecule has 0 spiro atoms. The highest BCUT2D eigenvalue weighted by Gasteiger charge is 2.18. The van der Waals surface area contributed by atoms with E-state index in [0.29, 0.717) is 16.8 Å². The third-order valence-electron chi connectivity index (χ3n) is 3.75. The van der Waals surface area contributed by atoms with Crippen LogP contribution in [0.4, 0.5) is 11.4 Å². The number of benzene rings is 2. The van der Waals surface area contributed by atoms with Gasteiger partial charge in [-0.15, -0.1) is 11.8 Å². The number of nitro groups is 1. The van der Waals surface area contributed by atoms with Crippen molar-refractivity contribution >= 4 is 35.0 Å². The Bertz CT molecular complexity index is 854.